The molecule has 3 atom stereocenters. The number of hydrogen-bond acceptors (Lipinski definition) is 7. The van der Waals surface area contributed by atoms with E-state index in [1.54, 1.807) is 11.8 Å². The molecule has 0 aliphatic heterocycles. The molecule has 2 unspecified atom stereocenters. The molecular formula is C20H44O8P2S. The zero-order valence-electron chi connectivity index (χ0n) is 19.3. The predicted octanol–water partition coefficient (Wildman–Crippen LogP) is 5.75. The third-order valence-electron chi connectivity index (χ3n) is 4.57. The first-order valence-electron chi connectivity index (χ1n) is 11.6. The molecular weight excluding hydrogens is 462 g/mol. The second kappa shape index (κ2) is 20.0. The summed E-state index contributed by atoms with van der Waals surface area (Å²) in [7, 11) is -8.16. The third-order valence-corrected chi connectivity index (χ3v) is 8.25. The summed E-state index contributed by atoms with van der Waals surface area (Å²) < 4.78 is 39.2. The van der Waals surface area contributed by atoms with Crippen LogP contribution in [0.5, 0.6) is 0 Å². The molecule has 0 bridgehead atoms. The minimum atomic E-state index is -4.34. The minimum absolute atomic E-state index is 0.0626. The van der Waals surface area contributed by atoms with Gasteiger partial charge >= 0.3 is 15.4 Å². The zero-order chi connectivity index (χ0) is 23.4. The molecule has 0 radical (unpaired) electrons. The summed E-state index contributed by atoms with van der Waals surface area (Å²) >= 11 is 1.58. The molecule has 31 heavy (non-hydrogen) atoms. The summed E-state index contributed by atoms with van der Waals surface area (Å²) in [5.74, 6) is 1.27. The summed E-state index contributed by atoms with van der Waals surface area (Å²) in [6.45, 7) is 3.22. The lowest BCUT2D eigenvalue weighted by atomic mass is 10.1. The lowest BCUT2D eigenvalue weighted by Gasteiger charge is -2.22. The normalized spacial score (nSPS) is 16.7. The van der Waals surface area contributed by atoms with Crippen LogP contribution in [0.1, 0.15) is 84.5 Å². The molecule has 0 aliphatic rings. The van der Waals surface area contributed by atoms with Crippen LogP contribution in [0, 0.1) is 0 Å². The van der Waals surface area contributed by atoms with Gasteiger partial charge in [0.05, 0.1) is 19.8 Å². The molecule has 11 heteroatoms. The van der Waals surface area contributed by atoms with E-state index in [1.165, 1.54) is 25.7 Å². The van der Waals surface area contributed by atoms with Gasteiger partial charge in [0.15, 0.2) is 0 Å². The van der Waals surface area contributed by atoms with Crippen molar-refractivity contribution in [2.75, 3.05) is 37.5 Å². The van der Waals surface area contributed by atoms with Gasteiger partial charge in [0.25, 0.3) is 0 Å². The van der Waals surface area contributed by atoms with Crippen molar-refractivity contribution in [3.8, 4) is 0 Å². The van der Waals surface area contributed by atoms with Crippen LogP contribution < -0.4 is 0 Å². The van der Waals surface area contributed by atoms with Gasteiger partial charge in [-0.15, -0.1) is 0 Å². The van der Waals surface area contributed by atoms with Gasteiger partial charge in [-0.3, -0.25) is 13.6 Å². The number of aliphatic hydroxyl groups is 1. The second-order valence-electron chi connectivity index (χ2n) is 7.67. The smallest absolute Gasteiger partial charge is 0.394 e. The Morgan fingerprint density at radius 1 is 0.839 bits per heavy atom. The van der Waals surface area contributed by atoms with Crippen LogP contribution in [0.3, 0.4) is 0 Å². The first-order chi connectivity index (χ1) is 14.8. The number of unbranched alkanes of at least 4 members (excludes halogenated alkanes) is 9. The first-order valence-corrected chi connectivity index (χ1v) is 16.0. The van der Waals surface area contributed by atoms with Crippen molar-refractivity contribution >= 4 is 27.2 Å². The molecule has 0 saturated carbocycles. The monoisotopic (exact) mass is 506 g/mol. The number of aliphatic hydroxyl groups excluding tert-OH is 1. The van der Waals surface area contributed by atoms with E-state index in [4.69, 9.17) is 14.2 Å². The van der Waals surface area contributed by atoms with Crippen molar-refractivity contribution in [3.63, 3.8) is 0 Å². The van der Waals surface area contributed by atoms with Gasteiger partial charge in [0.2, 0.25) is 0 Å². The molecule has 0 aromatic heterocycles. The lowest BCUT2D eigenvalue weighted by molar-refractivity contribution is 0.0819. The number of phosphoric ester groups is 1. The summed E-state index contributed by atoms with van der Waals surface area (Å²) in [5.41, 5.74) is 0. The van der Waals surface area contributed by atoms with Crippen molar-refractivity contribution in [2.45, 2.75) is 90.6 Å². The fourth-order valence-corrected chi connectivity index (χ4v) is 6.05. The molecule has 0 saturated heterocycles. The standard InChI is InChI=1S/C20H44O8P2S/c1-3-5-7-9-11-13-17-31-19-20(18-27-30(24,25)26-15-14-21)28-29(22,23)16-12-10-8-6-4-2/h20-21H,3-19H2,1-2H3,(H,22,23)(H,24,25)/t20-/m1/s1. The predicted molar refractivity (Wildman–Crippen MR) is 128 cm³/mol. The molecule has 0 aromatic carbocycles. The van der Waals surface area contributed by atoms with E-state index in [9.17, 15) is 18.9 Å². The molecule has 8 nitrogen and oxygen atoms in total. The fourth-order valence-electron chi connectivity index (χ4n) is 2.88. The van der Waals surface area contributed by atoms with Crippen molar-refractivity contribution < 1.29 is 37.6 Å². The van der Waals surface area contributed by atoms with Crippen molar-refractivity contribution in [1.29, 1.82) is 0 Å². The van der Waals surface area contributed by atoms with E-state index in [2.05, 4.69) is 18.4 Å². The van der Waals surface area contributed by atoms with Crippen LogP contribution in [0.2, 0.25) is 0 Å². The molecule has 0 amide bonds. The van der Waals surface area contributed by atoms with Crippen LogP contribution in [-0.2, 0) is 22.7 Å². The maximum absolute atomic E-state index is 12.5. The average Bonchev–Trinajstić information content (AvgIpc) is 2.72. The van der Waals surface area contributed by atoms with E-state index in [0.29, 0.717) is 12.2 Å². The fraction of sp³-hybridized carbons (Fsp3) is 1.00. The molecule has 3 N–H and O–H groups in total. The molecule has 0 aromatic rings. The van der Waals surface area contributed by atoms with Gasteiger partial charge in [-0.05, 0) is 18.6 Å². The van der Waals surface area contributed by atoms with Gasteiger partial charge in [-0.2, -0.15) is 11.8 Å². The van der Waals surface area contributed by atoms with Crippen LogP contribution in [0.25, 0.3) is 0 Å². The SMILES string of the molecule is CCCCCCCCSC[C@@H](COP(=O)(O)OCCO)OP(=O)(O)CCCCCCC. The Hall–Kier alpha value is 0.570. The highest BCUT2D eigenvalue weighted by molar-refractivity contribution is 7.99. The number of thioether (sulfide) groups is 1. The van der Waals surface area contributed by atoms with Crippen LogP contribution in [0.15, 0.2) is 0 Å². The number of rotatable bonds is 23. The van der Waals surface area contributed by atoms with Gasteiger partial charge < -0.3 is 19.4 Å². The third kappa shape index (κ3) is 20.9. The number of hydrogen-bond donors (Lipinski definition) is 3. The van der Waals surface area contributed by atoms with Crippen LogP contribution >= 0.6 is 27.2 Å². The lowest BCUT2D eigenvalue weighted by Crippen LogP contribution is -2.22. The highest BCUT2D eigenvalue weighted by atomic mass is 32.2. The Kier molecular flexibility index (Phi) is 20.4. The van der Waals surface area contributed by atoms with E-state index < -0.39 is 28.1 Å². The molecule has 0 fully saturated rings. The summed E-state index contributed by atoms with van der Waals surface area (Å²) in [5, 5.41) is 8.72. The Labute approximate surface area is 193 Å². The minimum Gasteiger partial charge on any atom is -0.394 e. The maximum atomic E-state index is 12.5. The van der Waals surface area contributed by atoms with E-state index >= 15 is 0 Å². The van der Waals surface area contributed by atoms with Crippen LogP contribution in [-0.4, -0.2) is 58.5 Å². The molecule has 0 aliphatic carbocycles. The van der Waals surface area contributed by atoms with Gasteiger partial charge in [-0.1, -0.05) is 71.6 Å². The summed E-state index contributed by atoms with van der Waals surface area (Å²) in [6.07, 6.45) is 11.1. The highest BCUT2D eigenvalue weighted by Gasteiger charge is 2.28. The Morgan fingerprint density at radius 2 is 1.42 bits per heavy atom. The topological polar surface area (TPSA) is 123 Å². The summed E-state index contributed by atoms with van der Waals surface area (Å²) in [6, 6.07) is 0. The van der Waals surface area contributed by atoms with E-state index in [1.807, 2.05) is 0 Å². The van der Waals surface area contributed by atoms with Crippen molar-refractivity contribution in [2.24, 2.45) is 0 Å². The molecule has 0 rings (SSSR count). The summed E-state index contributed by atoms with van der Waals surface area (Å²) in [4.78, 5) is 19.8. The Bertz CT molecular complexity index is 510. The first kappa shape index (κ1) is 31.6. The molecule has 0 heterocycles. The van der Waals surface area contributed by atoms with E-state index in [0.717, 1.165) is 44.3 Å². The molecule has 188 valence electrons. The van der Waals surface area contributed by atoms with Crippen molar-refractivity contribution in [1.82, 2.24) is 0 Å². The Balaban J connectivity index is 4.50. The van der Waals surface area contributed by atoms with Gasteiger partial charge in [-0.25, -0.2) is 4.57 Å². The van der Waals surface area contributed by atoms with E-state index in [-0.39, 0.29) is 19.4 Å². The Morgan fingerprint density at radius 3 is 2.03 bits per heavy atom. The van der Waals surface area contributed by atoms with Crippen molar-refractivity contribution in [3.05, 3.63) is 0 Å². The second-order valence-corrected chi connectivity index (χ2v) is 12.2. The maximum Gasteiger partial charge on any atom is 0.472 e. The van der Waals surface area contributed by atoms with Crippen LogP contribution in [0.4, 0.5) is 0 Å². The van der Waals surface area contributed by atoms with Gasteiger partial charge in [0.1, 0.15) is 6.10 Å². The number of phosphoric acid groups is 1. The zero-order valence-corrected chi connectivity index (χ0v) is 21.9. The van der Waals surface area contributed by atoms with Gasteiger partial charge in [0, 0.05) is 11.9 Å². The molecule has 0 spiro atoms. The highest BCUT2D eigenvalue weighted by Crippen LogP contribution is 2.47. The quantitative estimate of drug-likeness (QED) is 0.117. The average molecular weight is 507 g/mol. The largest absolute Gasteiger partial charge is 0.472 e.